The number of nitrogens with two attached hydrogens (primary N) is 1. The highest BCUT2D eigenvalue weighted by Gasteiger charge is 2.05. The van der Waals surface area contributed by atoms with Gasteiger partial charge in [0.05, 0.1) is 0 Å². The number of hydrogen-bond acceptors (Lipinski definition) is 4. The maximum Gasteiger partial charge on any atom is 0.203 e. The molecule has 0 aliphatic rings. The number of rotatable bonds is 2. The zero-order chi connectivity index (χ0) is 7.56. The molecule has 0 saturated heterocycles. The van der Waals surface area contributed by atoms with Crippen LogP contribution in [-0.2, 0) is 0 Å². The van der Waals surface area contributed by atoms with Crippen LogP contribution in [0.1, 0.15) is 17.8 Å². The molecule has 1 aromatic heterocycles. The fourth-order valence-electron chi connectivity index (χ4n) is 0.531. The molecule has 4 heteroatoms. The minimum Gasteiger partial charge on any atom is -0.374 e. The van der Waals surface area contributed by atoms with E-state index in [9.17, 15) is 0 Å². The number of nitrogens with zero attached hydrogens (tertiary/aromatic N) is 2. The van der Waals surface area contributed by atoms with Crippen molar-refractivity contribution < 1.29 is 0 Å². The standard InChI is InChI=1S/C6H9N3S/c1-3-4(2)5-8-9-6(7)10-5/h3-4H,1H2,2H3,(H2,7,9). The second-order valence-electron chi connectivity index (χ2n) is 2.00. The molecule has 0 spiro atoms. The van der Waals surface area contributed by atoms with Gasteiger partial charge in [-0.3, -0.25) is 0 Å². The lowest BCUT2D eigenvalue weighted by atomic mass is 10.2. The first-order chi connectivity index (χ1) is 4.74. The van der Waals surface area contributed by atoms with Gasteiger partial charge in [0, 0.05) is 5.92 Å². The van der Waals surface area contributed by atoms with Crippen LogP contribution in [0.25, 0.3) is 0 Å². The Morgan fingerprint density at radius 3 is 2.80 bits per heavy atom. The highest BCUT2D eigenvalue weighted by atomic mass is 32.1. The molecule has 1 heterocycles. The lowest BCUT2D eigenvalue weighted by molar-refractivity contribution is 0.901. The van der Waals surface area contributed by atoms with Crippen LogP contribution in [0.2, 0.25) is 0 Å². The monoisotopic (exact) mass is 155 g/mol. The first-order valence-electron chi connectivity index (χ1n) is 2.95. The van der Waals surface area contributed by atoms with Crippen molar-refractivity contribution in [2.75, 3.05) is 5.73 Å². The summed E-state index contributed by atoms with van der Waals surface area (Å²) in [6.45, 7) is 5.65. The number of aromatic nitrogens is 2. The number of nitrogen functional groups attached to an aromatic ring is 1. The van der Waals surface area contributed by atoms with Gasteiger partial charge in [0.25, 0.3) is 0 Å². The minimum absolute atomic E-state index is 0.259. The molecule has 0 radical (unpaired) electrons. The molecule has 2 N–H and O–H groups in total. The molecule has 0 saturated carbocycles. The van der Waals surface area contributed by atoms with E-state index in [1.807, 2.05) is 13.0 Å². The Labute approximate surface area is 63.6 Å². The first kappa shape index (κ1) is 7.21. The average molecular weight is 155 g/mol. The summed E-state index contributed by atoms with van der Waals surface area (Å²) in [4.78, 5) is 0. The fraction of sp³-hybridized carbons (Fsp3) is 0.333. The maximum absolute atomic E-state index is 5.38. The Balaban J connectivity index is 2.84. The van der Waals surface area contributed by atoms with E-state index in [4.69, 9.17) is 5.73 Å². The third kappa shape index (κ3) is 1.33. The summed E-state index contributed by atoms with van der Waals surface area (Å²) in [5, 5.41) is 8.98. The molecular weight excluding hydrogens is 146 g/mol. The zero-order valence-corrected chi connectivity index (χ0v) is 6.56. The van der Waals surface area contributed by atoms with E-state index in [-0.39, 0.29) is 5.92 Å². The molecule has 0 aromatic carbocycles. The van der Waals surface area contributed by atoms with Crippen molar-refractivity contribution in [2.24, 2.45) is 0 Å². The van der Waals surface area contributed by atoms with Crippen molar-refractivity contribution in [3.8, 4) is 0 Å². The molecule has 0 amide bonds. The largest absolute Gasteiger partial charge is 0.374 e. The van der Waals surface area contributed by atoms with E-state index in [1.54, 1.807) is 0 Å². The van der Waals surface area contributed by atoms with E-state index in [0.717, 1.165) is 5.01 Å². The van der Waals surface area contributed by atoms with Crippen molar-refractivity contribution in [1.29, 1.82) is 0 Å². The van der Waals surface area contributed by atoms with Crippen molar-refractivity contribution >= 4 is 16.5 Å². The van der Waals surface area contributed by atoms with Crippen molar-refractivity contribution in [3.63, 3.8) is 0 Å². The summed E-state index contributed by atoms with van der Waals surface area (Å²) in [7, 11) is 0. The minimum atomic E-state index is 0.259. The third-order valence-electron chi connectivity index (χ3n) is 1.20. The summed E-state index contributed by atoms with van der Waals surface area (Å²) in [6, 6.07) is 0. The predicted molar refractivity (Wildman–Crippen MR) is 42.9 cm³/mol. The van der Waals surface area contributed by atoms with E-state index >= 15 is 0 Å². The molecule has 1 unspecified atom stereocenters. The van der Waals surface area contributed by atoms with Crippen LogP contribution in [0.4, 0.5) is 5.13 Å². The maximum atomic E-state index is 5.38. The normalized spacial score (nSPS) is 12.9. The Hall–Kier alpha value is -0.900. The molecule has 54 valence electrons. The SMILES string of the molecule is C=CC(C)c1nnc(N)s1. The van der Waals surface area contributed by atoms with Gasteiger partial charge < -0.3 is 5.73 Å². The third-order valence-corrected chi connectivity index (χ3v) is 2.15. The molecule has 0 aliphatic heterocycles. The average Bonchev–Trinajstić information content (AvgIpc) is 2.34. The van der Waals surface area contributed by atoms with Gasteiger partial charge in [-0.15, -0.1) is 16.8 Å². The molecule has 1 aromatic rings. The van der Waals surface area contributed by atoms with Crippen molar-refractivity contribution in [3.05, 3.63) is 17.7 Å². The van der Waals surface area contributed by atoms with E-state index < -0.39 is 0 Å². The second-order valence-corrected chi connectivity index (χ2v) is 3.04. The van der Waals surface area contributed by atoms with E-state index in [1.165, 1.54) is 11.3 Å². The van der Waals surface area contributed by atoms with Gasteiger partial charge in [-0.2, -0.15) is 0 Å². The summed E-state index contributed by atoms with van der Waals surface area (Å²) >= 11 is 1.40. The molecule has 0 aliphatic carbocycles. The van der Waals surface area contributed by atoms with Gasteiger partial charge >= 0.3 is 0 Å². The molecule has 0 fully saturated rings. The molecule has 1 atom stereocenters. The number of anilines is 1. The molecular formula is C6H9N3S. The number of hydrogen-bond donors (Lipinski definition) is 1. The van der Waals surface area contributed by atoms with Crippen LogP contribution in [0.3, 0.4) is 0 Å². The fourth-order valence-corrected chi connectivity index (χ4v) is 1.19. The Morgan fingerprint density at radius 1 is 1.70 bits per heavy atom. The van der Waals surface area contributed by atoms with Gasteiger partial charge in [-0.05, 0) is 0 Å². The highest BCUT2D eigenvalue weighted by molar-refractivity contribution is 7.15. The summed E-state index contributed by atoms with van der Waals surface area (Å²) in [5.41, 5.74) is 5.38. The van der Waals surface area contributed by atoms with Crippen LogP contribution in [-0.4, -0.2) is 10.2 Å². The van der Waals surface area contributed by atoms with E-state index in [2.05, 4.69) is 16.8 Å². The van der Waals surface area contributed by atoms with Crippen molar-refractivity contribution in [1.82, 2.24) is 10.2 Å². The van der Waals surface area contributed by atoms with Gasteiger partial charge in [0.1, 0.15) is 5.01 Å². The van der Waals surface area contributed by atoms with Crippen LogP contribution < -0.4 is 5.73 Å². The van der Waals surface area contributed by atoms with Gasteiger partial charge in [-0.1, -0.05) is 24.3 Å². The zero-order valence-electron chi connectivity index (χ0n) is 5.74. The molecule has 0 bridgehead atoms. The molecule has 3 nitrogen and oxygen atoms in total. The lowest BCUT2D eigenvalue weighted by Gasteiger charge is -1.95. The van der Waals surface area contributed by atoms with Crippen LogP contribution in [0.5, 0.6) is 0 Å². The second kappa shape index (κ2) is 2.79. The van der Waals surface area contributed by atoms with Gasteiger partial charge in [-0.25, -0.2) is 0 Å². The van der Waals surface area contributed by atoms with E-state index in [0.29, 0.717) is 5.13 Å². The quantitative estimate of drug-likeness (QED) is 0.657. The van der Waals surface area contributed by atoms with Gasteiger partial charge in [0.2, 0.25) is 5.13 Å². The van der Waals surface area contributed by atoms with Crippen LogP contribution in [0, 0.1) is 0 Å². The highest BCUT2D eigenvalue weighted by Crippen LogP contribution is 2.20. The lowest BCUT2D eigenvalue weighted by Crippen LogP contribution is -1.85. The van der Waals surface area contributed by atoms with Gasteiger partial charge in [0.15, 0.2) is 0 Å². The summed E-state index contributed by atoms with van der Waals surface area (Å²) < 4.78 is 0. The Morgan fingerprint density at radius 2 is 2.40 bits per heavy atom. The smallest absolute Gasteiger partial charge is 0.203 e. The Bertz CT molecular complexity index is 231. The topological polar surface area (TPSA) is 51.8 Å². The Kier molecular flexibility index (Phi) is 2.01. The predicted octanol–water partition coefficient (Wildman–Crippen LogP) is 1.41. The number of allylic oxidation sites excluding steroid dienone is 1. The summed E-state index contributed by atoms with van der Waals surface area (Å²) in [5.74, 6) is 0.259. The van der Waals surface area contributed by atoms with Crippen LogP contribution in [0.15, 0.2) is 12.7 Å². The molecule has 10 heavy (non-hydrogen) atoms. The van der Waals surface area contributed by atoms with Crippen molar-refractivity contribution in [2.45, 2.75) is 12.8 Å². The molecule has 1 rings (SSSR count). The first-order valence-corrected chi connectivity index (χ1v) is 3.77. The van der Waals surface area contributed by atoms with Crippen LogP contribution >= 0.6 is 11.3 Å². The summed E-state index contributed by atoms with van der Waals surface area (Å²) in [6.07, 6.45) is 1.82.